The highest BCUT2D eigenvalue weighted by Crippen LogP contribution is 2.76. The topological polar surface area (TPSA) is 258 Å². The van der Waals surface area contributed by atoms with E-state index in [0.717, 1.165) is 51.4 Å². The van der Waals surface area contributed by atoms with Gasteiger partial charge in [-0.2, -0.15) is 0 Å². The first-order valence-electron chi connectivity index (χ1n) is 23.7. The zero-order chi connectivity index (χ0) is 46.0. The Morgan fingerprint density at radius 2 is 1.33 bits per heavy atom. The molecule has 8 aliphatic rings. The molecule has 10 N–H and O–H groups in total. The number of allylic oxidation sites excluding steroid dienone is 2. The molecule has 3 aliphatic heterocycles. The van der Waals surface area contributed by atoms with Gasteiger partial charge in [0.15, 0.2) is 18.9 Å². The second-order valence-corrected chi connectivity index (χ2v) is 23.1. The molecule has 0 radical (unpaired) electrons. The minimum Gasteiger partial charge on any atom is -0.396 e. The van der Waals surface area contributed by atoms with Crippen LogP contribution in [-0.2, 0) is 28.4 Å². The molecule has 5 aliphatic carbocycles. The van der Waals surface area contributed by atoms with E-state index >= 15 is 0 Å². The summed E-state index contributed by atoms with van der Waals surface area (Å²) in [6, 6.07) is 0. The van der Waals surface area contributed by atoms with E-state index in [1.165, 1.54) is 12.5 Å². The molecule has 362 valence electrons. The number of hydrogen-bond acceptors (Lipinski definition) is 16. The van der Waals surface area contributed by atoms with Gasteiger partial charge in [-0.25, -0.2) is 0 Å². The number of hydrogen-bond donors (Lipinski definition) is 10. The minimum absolute atomic E-state index is 0.0222. The normalized spacial score (nSPS) is 56.9. The molecule has 16 nitrogen and oxygen atoms in total. The van der Waals surface area contributed by atoms with Crippen molar-refractivity contribution < 1.29 is 79.5 Å². The number of fused-ring (bicyclic) bond motifs is 7. The Labute approximate surface area is 371 Å². The van der Waals surface area contributed by atoms with Gasteiger partial charge in [0.05, 0.1) is 38.1 Å². The fraction of sp³-hybridized carbons (Fsp3) is 0.957. The summed E-state index contributed by atoms with van der Waals surface area (Å²) in [5.41, 5.74) is 0.394. The van der Waals surface area contributed by atoms with E-state index in [2.05, 4.69) is 47.6 Å². The van der Waals surface area contributed by atoms with Crippen LogP contribution in [0.5, 0.6) is 0 Å². The lowest BCUT2D eigenvalue weighted by Crippen LogP contribution is -2.67. The summed E-state index contributed by atoms with van der Waals surface area (Å²) >= 11 is 0. The lowest BCUT2D eigenvalue weighted by Gasteiger charge is -2.72. The molecule has 63 heavy (non-hydrogen) atoms. The highest BCUT2D eigenvalue weighted by atomic mass is 16.8. The molecular weight excluding hydrogens is 821 g/mol. The van der Waals surface area contributed by atoms with E-state index in [4.69, 9.17) is 28.4 Å². The maximum atomic E-state index is 11.6. The Hall–Kier alpha value is -0.900. The van der Waals surface area contributed by atoms with Crippen molar-refractivity contribution >= 4 is 0 Å². The van der Waals surface area contributed by atoms with Crippen molar-refractivity contribution in [3.05, 3.63) is 11.6 Å². The summed E-state index contributed by atoms with van der Waals surface area (Å²) < 4.78 is 36.6. The van der Waals surface area contributed by atoms with Gasteiger partial charge in [0, 0.05) is 10.8 Å². The van der Waals surface area contributed by atoms with Crippen LogP contribution < -0.4 is 0 Å². The largest absolute Gasteiger partial charge is 0.396 e. The molecule has 7 fully saturated rings. The Bertz CT molecular complexity index is 1680. The van der Waals surface area contributed by atoms with E-state index in [0.29, 0.717) is 18.3 Å². The van der Waals surface area contributed by atoms with Crippen LogP contribution in [0.25, 0.3) is 0 Å². The second kappa shape index (κ2) is 17.0. The van der Waals surface area contributed by atoms with Crippen molar-refractivity contribution in [1.29, 1.82) is 0 Å². The highest BCUT2D eigenvalue weighted by Gasteiger charge is 2.70. The summed E-state index contributed by atoms with van der Waals surface area (Å²) in [6.07, 6.45) is -11.8. The van der Waals surface area contributed by atoms with Gasteiger partial charge in [-0.3, -0.25) is 0 Å². The Morgan fingerprint density at radius 3 is 2.02 bits per heavy atom. The van der Waals surface area contributed by atoms with Crippen LogP contribution in [0, 0.1) is 50.2 Å². The molecule has 0 bridgehead atoms. The predicted molar refractivity (Wildman–Crippen MR) is 224 cm³/mol. The molecule has 3 saturated heterocycles. The lowest BCUT2D eigenvalue weighted by molar-refractivity contribution is -0.389. The number of ether oxygens (including phenoxy) is 6. The van der Waals surface area contributed by atoms with E-state index < -0.39 is 111 Å². The zero-order valence-electron chi connectivity index (χ0n) is 38.5. The fourth-order valence-electron chi connectivity index (χ4n) is 14.8. The smallest absolute Gasteiger partial charge is 0.187 e. The van der Waals surface area contributed by atoms with Crippen LogP contribution in [0.2, 0.25) is 0 Å². The average molecular weight is 899 g/mol. The van der Waals surface area contributed by atoms with Gasteiger partial charge in [-0.15, -0.1) is 0 Å². The highest BCUT2D eigenvalue weighted by molar-refractivity contribution is 5.34. The summed E-state index contributed by atoms with van der Waals surface area (Å²) in [6.45, 7) is 16.5. The van der Waals surface area contributed by atoms with E-state index in [9.17, 15) is 51.1 Å². The monoisotopic (exact) mass is 899 g/mol. The molecule has 0 amide bonds. The third kappa shape index (κ3) is 7.55. The van der Waals surface area contributed by atoms with Gasteiger partial charge in [0.25, 0.3) is 0 Å². The van der Waals surface area contributed by atoms with Crippen LogP contribution in [0.3, 0.4) is 0 Å². The molecule has 0 unspecified atom stereocenters. The third-order valence-electron chi connectivity index (χ3n) is 19.1. The number of aliphatic hydroxyl groups excluding tert-OH is 10. The van der Waals surface area contributed by atoms with Crippen LogP contribution >= 0.6 is 0 Å². The van der Waals surface area contributed by atoms with Gasteiger partial charge < -0.3 is 79.5 Å². The molecule has 0 aromatic carbocycles. The van der Waals surface area contributed by atoms with Crippen LogP contribution in [0.4, 0.5) is 0 Å². The van der Waals surface area contributed by atoms with Crippen molar-refractivity contribution in [2.45, 2.75) is 211 Å². The van der Waals surface area contributed by atoms with Gasteiger partial charge in [0.2, 0.25) is 0 Å². The first-order valence-corrected chi connectivity index (χ1v) is 23.7. The summed E-state index contributed by atoms with van der Waals surface area (Å²) in [5, 5.41) is 109. The Morgan fingerprint density at radius 1 is 0.651 bits per heavy atom. The van der Waals surface area contributed by atoms with Crippen LogP contribution in [-0.4, -0.2) is 169 Å². The van der Waals surface area contributed by atoms with E-state index in [1.807, 2.05) is 6.92 Å². The SMILES string of the molecule is C[C@@H]1O[C@H](O[C@@H]2[C@@H](O[C@@H]3[C@@H](O[C@H]4CC[C@@]5(C)[C@@H](CC[C@]6(C)[C@@H]5CC=C5[C@H]7CC(C)(C)C[C@@H](O)[C@@]7(C)CC[C@]56C)[C@]4(C)CO)O[C@@H](CO)[C@H](O)[C@H]3O)OC[C@H](O)[C@H]2O)[C@@H](O)[C@H](O)[C@H]1O. The van der Waals surface area contributed by atoms with E-state index in [-0.39, 0.29) is 45.7 Å². The maximum Gasteiger partial charge on any atom is 0.187 e. The molecule has 16 heteroatoms. The molecule has 3 heterocycles. The summed E-state index contributed by atoms with van der Waals surface area (Å²) in [4.78, 5) is 0. The summed E-state index contributed by atoms with van der Waals surface area (Å²) in [7, 11) is 0. The average Bonchev–Trinajstić information content (AvgIpc) is 3.23. The first-order chi connectivity index (χ1) is 29.4. The lowest BCUT2D eigenvalue weighted by atomic mass is 9.33. The number of aliphatic hydroxyl groups is 10. The standard InChI is InChI=1S/C47H78O16/c1-22-31(52)34(55)36(57)39(59-22)62-37-32(53)25(50)20-58-40(37)63-38-35(56)33(54)26(19-48)60-41(38)61-30-12-13-44(5)27(45(30,6)21-49)11-14-47(8)28(44)10-9-23-24-17-42(2,3)18-29(51)43(24,4)15-16-46(23,47)7/h9,22,24-41,48-57H,10-21H2,1-8H3/t22-,24+,25-,26-,27+,28+,29+,30-,31-,32+,33-,34+,35+,36-,37-,38-,39+,40+,41+,43-,44-,45-,46+,47+/m0/s1. The quantitative estimate of drug-likeness (QED) is 0.122. The molecule has 0 aromatic rings. The van der Waals surface area contributed by atoms with Gasteiger partial charge >= 0.3 is 0 Å². The molecular formula is C47H78O16. The van der Waals surface area contributed by atoms with Crippen molar-refractivity contribution in [3.63, 3.8) is 0 Å². The molecule has 8 rings (SSSR count). The van der Waals surface area contributed by atoms with Crippen molar-refractivity contribution in [1.82, 2.24) is 0 Å². The Balaban J connectivity index is 1.05. The Kier molecular flexibility index (Phi) is 13.1. The van der Waals surface area contributed by atoms with Crippen LogP contribution in [0.15, 0.2) is 11.6 Å². The molecule has 0 spiro atoms. The molecule has 4 saturated carbocycles. The maximum absolute atomic E-state index is 11.6. The van der Waals surface area contributed by atoms with Crippen molar-refractivity contribution in [2.75, 3.05) is 19.8 Å². The number of rotatable bonds is 8. The van der Waals surface area contributed by atoms with Crippen LogP contribution in [0.1, 0.15) is 113 Å². The zero-order valence-corrected chi connectivity index (χ0v) is 38.5. The fourth-order valence-corrected chi connectivity index (χ4v) is 14.8. The van der Waals surface area contributed by atoms with Crippen molar-refractivity contribution in [3.8, 4) is 0 Å². The summed E-state index contributed by atoms with van der Waals surface area (Å²) in [5.74, 6) is 0.657. The minimum atomic E-state index is -1.76. The van der Waals surface area contributed by atoms with E-state index in [1.54, 1.807) is 0 Å². The van der Waals surface area contributed by atoms with Gasteiger partial charge in [-0.05, 0) is 104 Å². The van der Waals surface area contributed by atoms with Gasteiger partial charge in [0.1, 0.15) is 61.0 Å². The molecule has 0 aromatic heterocycles. The first kappa shape index (κ1) is 48.6. The third-order valence-corrected chi connectivity index (χ3v) is 19.1. The second-order valence-electron chi connectivity index (χ2n) is 23.1. The predicted octanol–water partition coefficient (Wildman–Crippen LogP) is 1.25. The van der Waals surface area contributed by atoms with Crippen molar-refractivity contribution in [2.24, 2.45) is 50.2 Å². The van der Waals surface area contributed by atoms with Gasteiger partial charge in [-0.1, -0.05) is 60.1 Å². The molecule has 24 atom stereocenters.